The van der Waals surface area contributed by atoms with Crippen molar-refractivity contribution in [3.05, 3.63) is 59.2 Å². The maximum absolute atomic E-state index is 13.2. The molecule has 27 heavy (non-hydrogen) atoms. The van der Waals surface area contributed by atoms with Gasteiger partial charge in [-0.1, -0.05) is 43.4 Å². The first-order valence-corrected chi connectivity index (χ1v) is 10.3. The Morgan fingerprint density at radius 2 is 1.67 bits per heavy atom. The van der Waals surface area contributed by atoms with Crippen LogP contribution in [0.5, 0.6) is 0 Å². The second-order valence-corrected chi connectivity index (χ2v) is 7.76. The van der Waals surface area contributed by atoms with E-state index in [9.17, 15) is 4.79 Å². The molecule has 0 fully saturated rings. The van der Waals surface area contributed by atoms with Crippen LogP contribution < -0.4 is 4.90 Å². The van der Waals surface area contributed by atoms with E-state index in [0.717, 1.165) is 35.0 Å². The Morgan fingerprint density at radius 3 is 2.33 bits per heavy atom. The van der Waals surface area contributed by atoms with Crippen molar-refractivity contribution >= 4 is 32.6 Å². The Morgan fingerprint density at radius 1 is 1.00 bits per heavy atom. The molecular weight excluding hydrogens is 354 g/mol. The smallest absolute Gasteiger partial charge is 0.260 e. The average molecular weight is 382 g/mol. The molecule has 0 saturated heterocycles. The lowest BCUT2D eigenvalue weighted by atomic mass is 10.1. The maximum atomic E-state index is 13.2. The number of aryl methyl sites for hydroxylation is 2. The minimum absolute atomic E-state index is 0.00950. The lowest BCUT2D eigenvalue weighted by molar-refractivity contribution is 0.0984. The van der Waals surface area contributed by atoms with E-state index in [1.165, 1.54) is 11.1 Å². The van der Waals surface area contributed by atoms with Gasteiger partial charge in [-0.25, -0.2) is 4.98 Å². The molecule has 0 aliphatic carbocycles. The number of nitrogens with zero attached hydrogens (tertiary/aromatic N) is 3. The first kappa shape index (κ1) is 19.5. The van der Waals surface area contributed by atoms with Crippen molar-refractivity contribution in [2.24, 2.45) is 0 Å². The van der Waals surface area contributed by atoms with Crippen molar-refractivity contribution in [1.29, 1.82) is 0 Å². The summed E-state index contributed by atoms with van der Waals surface area (Å²) in [5.41, 5.74) is 4.14. The monoisotopic (exact) mass is 381 g/mol. The third kappa shape index (κ3) is 4.37. The number of benzene rings is 2. The maximum Gasteiger partial charge on any atom is 0.260 e. The van der Waals surface area contributed by atoms with Gasteiger partial charge in [0.25, 0.3) is 5.91 Å². The van der Waals surface area contributed by atoms with Crippen molar-refractivity contribution < 1.29 is 4.79 Å². The number of anilines is 1. The van der Waals surface area contributed by atoms with Crippen LogP contribution in [0.25, 0.3) is 10.2 Å². The third-order valence-corrected chi connectivity index (χ3v) is 6.06. The standard InChI is InChI=1S/C22H27N3OS/c1-5-24(6-2)12-13-25(21(26)18-10-8-7-9-11-18)22-23-19-14-16(3)17(4)15-20(19)27-22/h7-11,14-15H,5-6,12-13H2,1-4H3. The van der Waals surface area contributed by atoms with Crippen LogP contribution in [-0.4, -0.2) is 42.0 Å². The largest absolute Gasteiger partial charge is 0.302 e. The lowest BCUT2D eigenvalue weighted by Crippen LogP contribution is -2.38. The van der Waals surface area contributed by atoms with Gasteiger partial charge in [0.2, 0.25) is 0 Å². The summed E-state index contributed by atoms with van der Waals surface area (Å²) in [5.74, 6) is 0.00950. The van der Waals surface area contributed by atoms with E-state index in [-0.39, 0.29) is 5.91 Å². The molecule has 1 heterocycles. The summed E-state index contributed by atoms with van der Waals surface area (Å²) < 4.78 is 1.13. The first-order valence-electron chi connectivity index (χ1n) is 9.50. The number of fused-ring (bicyclic) bond motifs is 1. The van der Waals surface area contributed by atoms with Crippen LogP contribution >= 0.6 is 11.3 Å². The summed E-state index contributed by atoms with van der Waals surface area (Å²) in [5, 5.41) is 0.774. The third-order valence-electron chi connectivity index (χ3n) is 5.02. The molecule has 142 valence electrons. The highest BCUT2D eigenvalue weighted by atomic mass is 32.1. The fraction of sp³-hybridized carbons (Fsp3) is 0.364. The van der Waals surface area contributed by atoms with Gasteiger partial charge in [0.15, 0.2) is 5.13 Å². The van der Waals surface area contributed by atoms with Crippen LogP contribution in [0.2, 0.25) is 0 Å². The normalized spacial score (nSPS) is 11.3. The predicted octanol–water partition coefficient (Wildman–Crippen LogP) is 4.90. The zero-order chi connectivity index (χ0) is 19.4. The number of rotatable bonds is 7. The van der Waals surface area contributed by atoms with Crippen molar-refractivity contribution in [3.63, 3.8) is 0 Å². The van der Waals surface area contributed by atoms with Gasteiger partial charge in [-0.15, -0.1) is 0 Å². The molecule has 0 aliphatic rings. The first-order chi connectivity index (χ1) is 13.0. The Bertz CT molecular complexity index is 877. The van der Waals surface area contributed by atoms with E-state index < -0.39 is 0 Å². The van der Waals surface area contributed by atoms with Crippen LogP contribution in [0.1, 0.15) is 35.3 Å². The van der Waals surface area contributed by atoms with E-state index >= 15 is 0 Å². The fourth-order valence-electron chi connectivity index (χ4n) is 3.09. The second kappa shape index (κ2) is 8.63. The van der Waals surface area contributed by atoms with Gasteiger partial charge in [-0.05, 0) is 62.3 Å². The molecule has 0 radical (unpaired) electrons. The molecule has 4 nitrogen and oxygen atoms in total. The van der Waals surface area contributed by atoms with Gasteiger partial charge in [0, 0.05) is 18.7 Å². The molecule has 5 heteroatoms. The van der Waals surface area contributed by atoms with E-state index in [0.29, 0.717) is 12.1 Å². The van der Waals surface area contributed by atoms with E-state index in [2.05, 4.69) is 44.7 Å². The Labute approximate surface area is 165 Å². The SMILES string of the molecule is CCN(CC)CCN(C(=O)c1ccccc1)c1nc2cc(C)c(C)cc2s1. The fourth-order valence-corrected chi connectivity index (χ4v) is 4.16. The molecule has 0 atom stereocenters. The van der Waals surface area contributed by atoms with Crippen molar-refractivity contribution in [3.8, 4) is 0 Å². The average Bonchev–Trinajstić information content (AvgIpc) is 3.08. The predicted molar refractivity (Wildman–Crippen MR) is 115 cm³/mol. The van der Waals surface area contributed by atoms with Crippen LogP contribution in [0, 0.1) is 13.8 Å². The van der Waals surface area contributed by atoms with Gasteiger partial charge in [0.05, 0.1) is 10.2 Å². The number of aromatic nitrogens is 1. The van der Waals surface area contributed by atoms with E-state index in [1.54, 1.807) is 11.3 Å². The number of carbonyl (C=O) groups is 1. The molecule has 3 rings (SSSR count). The van der Waals surface area contributed by atoms with Crippen LogP contribution in [0.15, 0.2) is 42.5 Å². The van der Waals surface area contributed by atoms with Crippen LogP contribution in [0.4, 0.5) is 5.13 Å². The highest BCUT2D eigenvalue weighted by molar-refractivity contribution is 7.22. The van der Waals surface area contributed by atoms with E-state index in [1.807, 2.05) is 35.2 Å². The summed E-state index contributed by atoms with van der Waals surface area (Å²) in [6.45, 7) is 11.9. The summed E-state index contributed by atoms with van der Waals surface area (Å²) in [6, 6.07) is 13.8. The van der Waals surface area contributed by atoms with E-state index in [4.69, 9.17) is 4.98 Å². The molecule has 0 bridgehead atoms. The molecule has 0 spiro atoms. The number of thiazole rings is 1. The quantitative estimate of drug-likeness (QED) is 0.584. The molecule has 1 aromatic heterocycles. The van der Waals surface area contributed by atoms with Gasteiger partial charge in [-0.2, -0.15) is 0 Å². The number of likely N-dealkylation sites (N-methyl/N-ethyl adjacent to an activating group) is 1. The summed E-state index contributed by atoms with van der Waals surface area (Å²) in [4.78, 5) is 22.2. The Kier molecular flexibility index (Phi) is 6.24. The van der Waals surface area contributed by atoms with Gasteiger partial charge in [0.1, 0.15) is 0 Å². The summed E-state index contributed by atoms with van der Waals surface area (Å²) in [7, 11) is 0. The number of hydrogen-bond acceptors (Lipinski definition) is 4. The zero-order valence-electron chi connectivity index (χ0n) is 16.5. The second-order valence-electron chi connectivity index (χ2n) is 6.75. The highest BCUT2D eigenvalue weighted by Gasteiger charge is 2.22. The number of carbonyl (C=O) groups excluding carboxylic acids is 1. The van der Waals surface area contributed by atoms with Crippen molar-refractivity contribution in [1.82, 2.24) is 9.88 Å². The molecule has 0 aliphatic heterocycles. The van der Waals surface area contributed by atoms with Crippen LogP contribution in [-0.2, 0) is 0 Å². The topological polar surface area (TPSA) is 36.4 Å². The summed E-state index contributed by atoms with van der Waals surface area (Å²) >= 11 is 1.59. The van der Waals surface area contributed by atoms with Gasteiger partial charge >= 0.3 is 0 Å². The molecule has 2 aromatic carbocycles. The van der Waals surface area contributed by atoms with Crippen LogP contribution in [0.3, 0.4) is 0 Å². The van der Waals surface area contributed by atoms with Crippen molar-refractivity contribution in [2.75, 3.05) is 31.1 Å². The zero-order valence-corrected chi connectivity index (χ0v) is 17.3. The number of amides is 1. The lowest BCUT2D eigenvalue weighted by Gasteiger charge is -2.24. The molecule has 0 saturated carbocycles. The number of hydrogen-bond donors (Lipinski definition) is 0. The van der Waals surface area contributed by atoms with Gasteiger partial charge < -0.3 is 4.90 Å². The van der Waals surface area contributed by atoms with Gasteiger partial charge in [-0.3, -0.25) is 9.69 Å². The minimum atomic E-state index is 0.00950. The molecule has 3 aromatic rings. The Hall–Kier alpha value is -2.24. The summed E-state index contributed by atoms with van der Waals surface area (Å²) in [6.07, 6.45) is 0. The minimum Gasteiger partial charge on any atom is -0.302 e. The van der Waals surface area contributed by atoms with Crippen molar-refractivity contribution in [2.45, 2.75) is 27.7 Å². The highest BCUT2D eigenvalue weighted by Crippen LogP contribution is 2.31. The molecule has 0 N–H and O–H groups in total. The Balaban J connectivity index is 1.97. The molecule has 1 amide bonds. The molecule has 0 unspecified atom stereocenters. The molecular formula is C22H27N3OS.